The summed E-state index contributed by atoms with van der Waals surface area (Å²) in [7, 11) is 0. The van der Waals surface area contributed by atoms with Crippen LogP contribution in [0.4, 0.5) is 27.6 Å². The van der Waals surface area contributed by atoms with Crippen LogP contribution in [0.5, 0.6) is 11.6 Å². The Morgan fingerprint density at radius 1 is 1.07 bits per heavy atom. The second-order valence-electron chi connectivity index (χ2n) is 6.77. The van der Waals surface area contributed by atoms with Crippen molar-refractivity contribution in [1.29, 1.82) is 0 Å². The molecule has 0 N–H and O–H groups in total. The summed E-state index contributed by atoms with van der Waals surface area (Å²) < 4.78 is 75.8. The average molecular weight is 425 g/mol. The van der Waals surface area contributed by atoms with Crippen molar-refractivity contribution in [2.45, 2.75) is 19.1 Å². The molecule has 0 aliphatic carbocycles. The fourth-order valence-electron chi connectivity index (χ4n) is 3.05. The van der Waals surface area contributed by atoms with Gasteiger partial charge < -0.3 is 18.9 Å². The zero-order chi connectivity index (χ0) is 21.3. The van der Waals surface area contributed by atoms with Crippen molar-refractivity contribution in [1.82, 2.24) is 9.55 Å². The van der Waals surface area contributed by atoms with E-state index in [2.05, 4.69) is 9.72 Å². The topological polar surface area (TPSA) is 39.5 Å². The van der Waals surface area contributed by atoms with Crippen molar-refractivity contribution in [3.8, 4) is 17.3 Å². The molecule has 158 valence electrons. The number of alkyl halides is 4. The standard InChI is InChI=1S/C20H16F5N3O2/c21-16-2-1-14(7-17(16)30-19(22)23)27-6-4-13(9-27)10-29-18-8-15(3-5-26-18)28-11-20(24,25)12-28/h1-9,19H,10-12H2. The van der Waals surface area contributed by atoms with Crippen LogP contribution in [-0.4, -0.2) is 35.2 Å². The van der Waals surface area contributed by atoms with E-state index in [9.17, 15) is 22.0 Å². The number of rotatable bonds is 7. The monoisotopic (exact) mass is 425 g/mol. The molecule has 0 unspecified atom stereocenters. The number of halogens is 5. The van der Waals surface area contributed by atoms with Gasteiger partial charge in [0.15, 0.2) is 11.6 Å². The normalized spacial score (nSPS) is 15.2. The maximum atomic E-state index is 13.6. The number of aromatic nitrogens is 2. The fourth-order valence-corrected chi connectivity index (χ4v) is 3.05. The Kier molecular flexibility index (Phi) is 5.23. The molecule has 1 fully saturated rings. The van der Waals surface area contributed by atoms with E-state index in [1.807, 2.05) is 0 Å². The van der Waals surface area contributed by atoms with Crippen molar-refractivity contribution >= 4 is 5.69 Å². The highest BCUT2D eigenvalue weighted by Crippen LogP contribution is 2.32. The van der Waals surface area contributed by atoms with Crippen molar-refractivity contribution in [2.24, 2.45) is 0 Å². The number of hydrogen-bond acceptors (Lipinski definition) is 4. The Morgan fingerprint density at radius 2 is 1.87 bits per heavy atom. The smallest absolute Gasteiger partial charge is 0.387 e. The van der Waals surface area contributed by atoms with Gasteiger partial charge in [-0.05, 0) is 24.3 Å². The van der Waals surface area contributed by atoms with Crippen LogP contribution < -0.4 is 14.4 Å². The maximum absolute atomic E-state index is 13.6. The molecule has 0 radical (unpaired) electrons. The third-order valence-electron chi connectivity index (χ3n) is 4.50. The first kappa shape index (κ1) is 20.0. The second kappa shape index (κ2) is 7.85. The van der Waals surface area contributed by atoms with Gasteiger partial charge in [0.1, 0.15) is 6.61 Å². The third kappa shape index (κ3) is 4.47. The quantitative estimate of drug-likeness (QED) is 0.517. The van der Waals surface area contributed by atoms with Gasteiger partial charge in [0, 0.05) is 47.7 Å². The van der Waals surface area contributed by atoms with Gasteiger partial charge in [0.2, 0.25) is 5.88 Å². The lowest BCUT2D eigenvalue weighted by Crippen LogP contribution is -2.56. The van der Waals surface area contributed by atoms with E-state index in [1.165, 1.54) is 23.2 Å². The highest BCUT2D eigenvalue weighted by molar-refractivity contribution is 5.51. The lowest BCUT2D eigenvalue weighted by molar-refractivity contribution is -0.0521. The first-order chi connectivity index (χ1) is 14.3. The molecule has 1 aromatic carbocycles. The molecule has 4 rings (SSSR count). The molecule has 3 aromatic rings. The largest absolute Gasteiger partial charge is 0.473 e. The third-order valence-corrected chi connectivity index (χ3v) is 4.50. The van der Waals surface area contributed by atoms with Crippen molar-refractivity contribution in [2.75, 3.05) is 18.0 Å². The number of nitrogens with zero attached hydrogens (tertiary/aromatic N) is 3. The van der Waals surface area contributed by atoms with E-state index in [0.29, 0.717) is 11.4 Å². The maximum Gasteiger partial charge on any atom is 0.387 e. The van der Waals surface area contributed by atoms with Gasteiger partial charge in [-0.25, -0.2) is 18.2 Å². The predicted octanol–water partition coefficient (Wildman–Crippen LogP) is 4.65. The van der Waals surface area contributed by atoms with E-state index in [1.54, 1.807) is 35.2 Å². The molecule has 2 aromatic heterocycles. The van der Waals surface area contributed by atoms with Crippen LogP contribution >= 0.6 is 0 Å². The van der Waals surface area contributed by atoms with Crippen molar-refractivity contribution < 1.29 is 31.4 Å². The zero-order valence-electron chi connectivity index (χ0n) is 15.4. The van der Waals surface area contributed by atoms with Gasteiger partial charge in [0.25, 0.3) is 5.92 Å². The number of anilines is 1. The van der Waals surface area contributed by atoms with E-state index >= 15 is 0 Å². The van der Waals surface area contributed by atoms with Crippen LogP contribution in [0, 0.1) is 5.82 Å². The molecular weight excluding hydrogens is 409 g/mol. The Morgan fingerprint density at radius 3 is 2.60 bits per heavy atom. The summed E-state index contributed by atoms with van der Waals surface area (Å²) in [5, 5.41) is 0. The first-order valence-electron chi connectivity index (χ1n) is 8.92. The van der Waals surface area contributed by atoms with E-state index < -0.39 is 24.1 Å². The summed E-state index contributed by atoms with van der Waals surface area (Å²) in [5.74, 6) is -3.83. The number of benzene rings is 1. The van der Waals surface area contributed by atoms with Crippen LogP contribution in [0.25, 0.3) is 5.69 Å². The van der Waals surface area contributed by atoms with Crippen molar-refractivity contribution in [3.05, 3.63) is 66.4 Å². The number of pyridine rings is 1. The average Bonchev–Trinajstić information content (AvgIpc) is 3.15. The molecule has 1 saturated heterocycles. The Hall–Kier alpha value is -3.30. The van der Waals surface area contributed by atoms with Gasteiger partial charge in [-0.2, -0.15) is 8.78 Å². The Balaban J connectivity index is 1.41. The summed E-state index contributed by atoms with van der Waals surface area (Å²) in [5.41, 5.74) is 1.76. The highest BCUT2D eigenvalue weighted by Gasteiger charge is 2.44. The lowest BCUT2D eigenvalue weighted by atomic mass is 10.1. The fraction of sp³-hybridized carbons (Fsp3) is 0.250. The zero-order valence-corrected chi connectivity index (χ0v) is 15.4. The molecule has 0 saturated carbocycles. The molecule has 0 amide bonds. The molecule has 3 heterocycles. The molecule has 1 aliphatic heterocycles. The second-order valence-corrected chi connectivity index (χ2v) is 6.77. The van der Waals surface area contributed by atoms with Crippen LogP contribution in [0.1, 0.15) is 5.56 Å². The van der Waals surface area contributed by atoms with Crippen LogP contribution in [-0.2, 0) is 6.61 Å². The van der Waals surface area contributed by atoms with Crippen LogP contribution in [0.3, 0.4) is 0 Å². The van der Waals surface area contributed by atoms with Gasteiger partial charge >= 0.3 is 6.61 Å². The minimum atomic E-state index is -3.13. The number of hydrogen-bond donors (Lipinski definition) is 0. The summed E-state index contributed by atoms with van der Waals surface area (Å²) in [6.45, 7) is -3.67. The minimum absolute atomic E-state index is 0.140. The van der Waals surface area contributed by atoms with Gasteiger partial charge in [-0.3, -0.25) is 0 Å². The molecule has 10 heteroatoms. The first-order valence-corrected chi connectivity index (χ1v) is 8.92. The summed E-state index contributed by atoms with van der Waals surface area (Å²) in [6.07, 6.45) is 4.82. The Labute approximate surface area is 168 Å². The van der Waals surface area contributed by atoms with E-state index in [0.717, 1.165) is 11.6 Å². The minimum Gasteiger partial charge on any atom is -0.473 e. The molecule has 30 heavy (non-hydrogen) atoms. The molecule has 0 bridgehead atoms. The predicted molar refractivity (Wildman–Crippen MR) is 98.1 cm³/mol. The molecule has 5 nitrogen and oxygen atoms in total. The molecule has 0 atom stereocenters. The van der Waals surface area contributed by atoms with E-state index in [4.69, 9.17) is 4.74 Å². The highest BCUT2D eigenvalue weighted by atomic mass is 19.3. The molecular formula is C20H16F5N3O2. The van der Waals surface area contributed by atoms with Crippen LogP contribution in [0.15, 0.2) is 55.0 Å². The SMILES string of the molecule is Fc1ccc(-n2ccc(COc3cc(N4CC(F)(F)C4)ccn3)c2)cc1OC(F)F. The number of ether oxygens (including phenoxy) is 2. The van der Waals surface area contributed by atoms with Gasteiger partial charge in [-0.15, -0.1) is 0 Å². The molecule has 0 spiro atoms. The summed E-state index contributed by atoms with van der Waals surface area (Å²) >= 11 is 0. The van der Waals surface area contributed by atoms with E-state index in [-0.39, 0.29) is 25.6 Å². The Bertz CT molecular complexity index is 1030. The molecule has 1 aliphatic rings. The van der Waals surface area contributed by atoms with Gasteiger partial charge in [-0.1, -0.05) is 0 Å². The van der Waals surface area contributed by atoms with Crippen LogP contribution in [0.2, 0.25) is 0 Å². The lowest BCUT2D eigenvalue weighted by Gasteiger charge is -2.40. The summed E-state index contributed by atoms with van der Waals surface area (Å²) in [4.78, 5) is 5.60. The summed E-state index contributed by atoms with van der Waals surface area (Å²) in [6, 6.07) is 8.58. The van der Waals surface area contributed by atoms with Crippen molar-refractivity contribution in [3.63, 3.8) is 0 Å². The van der Waals surface area contributed by atoms with Gasteiger partial charge in [0.05, 0.1) is 13.1 Å².